The molecule has 0 aliphatic rings. The molecule has 0 aliphatic carbocycles. The molecule has 112 valence electrons. The van der Waals surface area contributed by atoms with E-state index in [0.29, 0.717) is 6.04 Å². The van der Waals surface area contributed by atoms with Gasteiger partial charge < -0.3 is 10.1 Å². The van der Waals surface area contributed by atoms with Crippen LogP contribution in [-0.2, 0) is 6.42 Å². The van der Waals surface area contributed by atoms with E-state index in [4.69, 9.17) is 4.74 Å². The molecule has 0 bridgehead atoms. The number of hydrogen-bond acceptors (Lipinski definition) is 2. The summed E-state index contributed by atoms with van der Waals surface area (Å²) in [7, 11) is 1.74. The van der Waals surface area contributed by atoms with Crippen LogP contribution in [0.4, 0.5) is 0 Å². The van der Waals surface area contributed by atoms with Crippen molar-refractivity contribution in [3.8, 4) is 5.75 Å². The van der Waals surface area contributed by atoms with Gasteiger partial charge in [-0.25, -0.2) is 0 Å². The van der Waals surface area contributed by atoms with Gasteiger partial charge >= 0.3 is 0 Å². The number of nitrogens with one attached hydrogen (secondary N) is 1. The Balaban J connectivity index is 2.33. The second kappa shape index (κ2) is 7.80. The van der Waals surface area contributed by atoms with Gasteiger partial charge in [0.2, 0.25) is 0 Å². The van der Waals surface area contributed by atoms with Crippen LogP contribution in [-0.4, -0.2) is 13.7 Å². The number of hydrogen-bond donors (Lipinski definition) is 1. The summed E-state index contributed by atoms with van der Waals surface area (Å²) in [6.07, 6.45) is 0.929. The van der Waals surface area contributed by atoms with Gasteiger partial charge in [-0.1, -0.05) is 42.8 Å². The van der Waals surface area contributed by atoms with Crippen molar-refractivity contribution in [1.29, 1.82) is 0 Å². The summed E-state index contributed by atoms with van der Waals surface area (Å²) < 4.78 is 6.81. The number of ether oxygens (including phenoxy) is 1. The first-order valence-corrected chi connectivity index (χ1v) is 8.35. The van der Waals surface area contributed by atoms with E-state index in [-0.39, 0.29) is 0 Å². The lowest BCUT2D eigenvalue weighted by Gasteiger charge is -2.21. The Morgan fingerprint density at radius 3 is 2.62 bits per heavy atom. The van der Waals surface area contributed by atoms with Gasteiger partial charge in [0.15, 0.2) is 0 Å². The Kier molecular flexibility index (Phi) is 6.06. The third-order valence-electron chi connectivity index (χ3n) is 3.59. The molecule has 3 heteroatoms. The van der Waals surface area contributed by atoms with Crippen molar-refractivity contribution in [2.45, 2.75) is 26.3 Å². The largest absolute Gasteiger partial charge is 0.496 e. The smallest absolute Gasteiger partial charge is 0.122 e. The van der Waals surface area contributed by atoms with Crippen LogP contribution in [0, 0.1) is 10.5 Å². The highest BCUT2D eigenvalue weighted by atomic mass is 127. The summed E-state index contributed by atoms with van der Waals surface area (Å²) in [6.45, 7) is 5.22. The van der Waals surface area contributed by atoms with Gasteiger partial charge in [0.05, 0.1) is 7.11 Å². The molecule has 0 heterocycles. The van der Waals surface area contributed by atoms with Gasteiger partial charge in [0.25, 0.3) is 0 Å². The second-order valence-corrected chi connectivity index (χ2v) is 6.31. The highest BCUT2D eigenvalue weighted by Crippen LogP contribution is 2.28. The molecule has 21 heavy (non-hydrogen) atoms. The molecule has 2 rings (SSSR count). The SMILES string of the molecule is CCNC(Cc1cc(C)ccc1OC)c1ccccc1I. The minimum atomic E-state index is 0.304. The van der Waals surface area contributed by atoms with Crippen LogP contribution in [0.3, 0.4) is 0 Å². The lowest BCUT2D eigenvalue weighted by Crippen LogP contribution is -2.24. The lowest BCUT2D eigenvalue weighted by molar-refractivity contribution is 0.405. The number of methoxy groups -OCH3 is 1. The van der Waals surface area contributed by atoms with Crippen molar-refractivity contribution in [2.75, 3.05) is 13.7 Å². The van der Waals surface area contributed by atoms with Crippen molar-refractivity contribution >= 4 is 22.6 Å². The average molecular weight is 395 g/mol. The van der Waals surface area contributed by atoms with Crippen LogP contribution in [0.1, 0.15) is 29.7 Å². The maximum Gasteiger partial charge on any atom is 0.122 e. The van der Waals surface area contributed by atoms with E-state index in [2.05, 4.69) is 84.2 Å². The average Bonchev–Trinajstić information content (AvgIpc) is 2.48. The van der Waals surface area contributed by atoms with Gasteiger partial charge in [-0.05, 0) is 65.7 Å². The van der Waals surface area contributed by atoms with Gasteiger partial charge in [0, 0.05) is 9.61 Å². The zero-order valence-corrected chi connectivity index (χ0v) is 15.0. The summed E-state index contributed by atoms with van der Waals surface area (Å²) >= 11 is 2.41. The fourth-order valence-corrected chi connectivity index (χ4v) is 3.35. The normalized spacial score (nSPS) is 12.2. The molecule has 0 fully saturated rings. The summed E-state index contributed by atoms with van der Waals surface area (Å²) in [6, 6.07) is 15.2. The summed E-state index contributed by atoms with van der Waals surface area (Å²) in [5.41, 5.74) is 3.87. The van der Waals surface area contributed by atoms with E-state index in [1.165, 1.54) is 20.3 Å². The van der Waals surface area contributed by atoms with Gasteiger partial charge in [-0.2, -0.15) is 0 Å². The van der Waals surface area contributed by atoms with E-state index in [1.54, 1.807) is 7.11 Å². The monoisotopic (exact) mass is 395 g/mol. The highest BCUT2D eigenvalue weighted by molar-refractivity contribution is 14.1. The van der Waals surface area contributed by atoms with Crippen LogP contribution < -0.4 is 10.1 Å². The van der Waals surface area contributed by atoms with Crippen molar-refractivity contribution < 1.29 is 4.74 Å². The topological polar surface area (TPSA) is 21.3 Å². The predicted molar refractivity (Wildman–Crippen MR) is 97.0 cm³/mol. The van der Waals surface area contributed by atoms with Crippen LogP contribution in [0.15, 0.2) is 42.5 Å². The van der Waals surface area contributed by atoms with Crippen molar-refractivity contribution in [3.63, 3.8) is 0 Å². The molecule has 2 aromatic carbocycles. The summed E-state index contributed by atoms with van der Waals surface area (Å²) in [4.78, 5) is 0. The van der Waals surface area contributed by atoms with E-state index < -0.39 is 0 Å². The molecule has 1 atom stereocenters. The molecule has 0 spiro atoms. The zero-order chi connectivity index (χ0) is 15.2. The number of rotatable bonds is 6. The molecule has 0 aromatic heterocycles. The molecule has 0 saturated carbocycles. The highest BCUT2D eigenvalue weighted by Gasteiger charge is 2.16. The molecule has 0 saturated heterocycles. The van der Waals surface area contributed by atoms with Crippen LogP contribution in [0.25, 0.3) is 0 Å². The van der Waals surface area contributed by atoms with Gasteiger partial charge in [-0.3, -0.25) is 0 Å². The molecule has 2 aromatic rings. The summed E-state index contributed by atoms with van der Waals surface area (Å²) in [5, 5.41) is 3.60. The molecular weight excluding hydrogens is 373 g/mol. The molecule has 1 N–H and O–H groups in total. The Labute approximate surface area is 141 Å². The van der Waals surface area contributed by atoms with Crippen molar-refractivity contribution in [2.24, 2.45) is 0 Å². The van der Waals surface area contributed by atoms with Gasteiger partial charge in [0.1, 0.15) is 5.75 Å². The third kappa shape index (κ3) is 4.20. The van der Waals surface area contributed by atoms with E-state index >= 15 is 0 Å². The van der Waals surface area contributed by atoms with E-state index in [9.17, 15) is 0 Å². The number of aryl methyl sites for hydroxylation is 1. The first-order valence-electron chi connectivity index (χ1n) is 7.27. The predicted octanol–water partition coefficient (Wildman–Crippen LogP) is 4.50. The van der Waals surface area contributed by atoms with Crippen molar-refractivity contribution in [1.82, 2.24) is 5.32 Å². The second-order valence-electron chi connectivity index (χ2n) is 5.15. The Morgan fingerprint density at radius 2 is 1.95 bits per heavy atom. The van der Waals surface area contributed by atoms with E-state index in [0.717, 1.165) is 18.7 Å². The first-order chi connectivity index (χ1) is 10.2. The molecular formula is C18H22INO. The van der Waals surface area contributed by atoms with E-state index in [1.807, 2.05) is 0 Å². The van der Waals surface area contributed by atoms with Crippen LogP contribution in [0.5, 0.6) is 5.75 Å². The fourth-order valence-electron chi connectivity index (χ4n) is 2.58. The quantitative estimate of drug-likeness (QED) is 0.728. The maximum absolute atomic E-state index is 5.52. The maximum atomic E-state index is 5.52. The molecule has 2 nitrogen and oxygen atoms in total. The minimum Gasteiger partial charge on any atom is -0.496 e. The third-order valence-corrected chi connectivity index (χ3v) is 4.57. The Bertz CT molecular complexity index is 598. The fraction of sp³-hybridized carbons (Fsp3) is 0.333. The molecule has 1 unspecified atom stereocenters. The van der Waals surface area contributed by atoms with Crippen LogP contribution in [0.2, 0.25) is 0 Å². The number of halogens is 1. The number of likely N-dealkylation sites (N-methyl/N-ethyl adjacent to an activating group) is 1. The standard InChI is InChI=1S/C18H22INO/c1-4-20-17(15-7-5-6-8-16(15)19)12-14-11-13(2)9-10-18(14)21-3/h5-11,17,20H,4,12H2,1-3H3. The van der Waals surface area contributed by atoms with Gasteiger partial charge in [-0.15, -0.1) is 0 Å². The first kappa shape index (κ1) is 16.3. The Morgan fingerprint density at radius 1 is 1.19 bits per heavy atom. The Hall–Kier alpha value is -1.07. The molecule has 0 amide bonds. The lowest BCUT2D eigenvalue weighted by atomic mass is 9.97. The molecule has 0 aliphatic heterocycles. The molecule has 0 radical (unpaired) electrons. The van der Waals surface area contributed by atoms with Crippen LogP contribution >= 0.6 is 22.6 Å². The minimum absolute atomic E-state index is 0.304. The summed E-state index contributed by atoms with van der Waals surface area (Å²) in [5.74, 6) is 0.967. The zero-order valence-electron chi connectivity index (χ0n) is 12.8. The number of benzene rings is 2. The van der Waals surface area contributed by atoms with Crippen molar-refractivity contribution in [3.05, 3.63) is 62.7 Å².